The van der Waals surface area contributed by atoms with Gasteiger partial charge in [0.05, 0.1) is 5.69 Å². The number of nitrogens with zero attached hydrogens (tertiary/aromatic N) is 2. The quantitative estimate of drug-likeness (QED) is 0.809. The maximum atomic E-state index is 9.17. The topological polar surface area (TPSA) is 46.0 Å². The Labute approximate surface area is 88.5 Å². The minimum Gasteiger partial charge on any atom is -0.508 e. The molecule has 0 aliphatic heterocycles. The molecular weight excluding hydrogens is 188 g/mol. The molecule has 76 valence electrons. The van der Waals surface area contributed by atoms with Gasteiger partial charge in [0.25, 0.3) is 0 Å². The highest BCUT2D eigenvalue weighted by molar-refractivity contribution is 5.59. The summed E-state index contributed by atoms with van der Waals surface area (Å²) in [6.07, 6.45) is 2.58. The summed E-state index contributed by atoms with van der Waals surface area (Å²) in [5, 5.41) is 9.17. The molecule has 0 fully saturated rings. The molecule has 0 aliphatic rings. The van der Waals surface area contributed by atoms with Gasteiger partial charge < -0.3 is 5.11 Å². The van der Waals surface area contributed by atoms with Crippen LogP contribution in [0.2, 0.25) is 0 Å². The molecule has 0 atom stereocenters. The smallest absolute Gasteiger partial charge is 0.128 e. The maximum absolute atomic E-state index is 9.17. The minimum atomic E-state index is 0.267. The number of hydrogen-bond acceptors (Lipinski definition) is 3. The average Bonchev–Trinajstić information content (AvgIpc) is 2.30. The minimum absolute atomic E-state index is 0.267. The fourth-order valence-corrected chi connectivity index (χ4v) is 1.36. The van der Waals surface area contributed by atoms with Gasteiger partial charge in [-0.1, -0.05) is 6.92 Å². The number of hydrogen-bond donors (Lipinski definition) is 1. The van der Waals surface area contributed by atoms with Gasteiger partial charge in [0.1, 0.15) is 11.6 Å². The first kappa shape index (κ1) is 9.65. The number of aromatic hydroxyl groups is 1. The fourth-order valence-electron chi connectivity index (χ4n) is 1.36. The maximum Gasteiger partial charge on any atom is 0.128 e. The second kappa shape index (κ2) is 4.09. The van der Waals surface area contributed by atoms with E-state index in [4.69, 9.17) is 0 Å². The molecule has 1 aromatic heterocycles. The van der Waals surface area contributed by atoms with Crippen molar-refractivity contribution in [2.24, 2.45) is 0 Å². The molecule has 15 heavy (non-hydrogen) atoms. The van der Waals surface area contributed by atoms with Crippen LogP contribution in [0, 0.1) is 0 Å². The molecule has 3 heteroatoms. The number of benzene rings is 1. The van der Waals surface area contributed by atoms with Gasteiger partial charge in [0.15, 0.2) is 0 Å². The van der Waals surface area contributed by atoms with Crippen molar-refractivity contribution in [3.05, 3.63) is 42.4 Å². The van der Waals surface area contributed by atoms with Gasteiger partial charge in [-0.3, -0.25) is 0 Å². The highest BCUT2D eigenvalue weighted by atomic mass is 16.3. The molecule has 0 spiro atoms. The molecule has 0 saturated carbocycles. The molecular formula is C12H12N2O. The van der Waals surface area contributed by atoms with E-state index in [2.05, 4.69) is 9.97 Å². The van der Waals surface area contributed by atoms with Gasteiger partial charge in [-0.25, -0.2) is 9.97 Å². The standard InChI is InChI=1S/C12H12N2O/c1-2-12-13-8-7-11(14-12)9-3-5-10(15)6-4-9/h3-8,15H,2H2,1H3. The number of aryl methyl sites for hydroxylation is 1. The van der Waals surface area contributed by atoms with Crippen LogP contribution >= 0.6 is 0 Å². The van der Waals surface area contributed by atoms with Crippen molar-refractivity contribution in [3.63, 3.8) is 0 Å². The number of phenols is 1. The summed E-state index contributed by atoms with van der Waals surface area (Å²) >= 11 is 0. The number of phenolic OH excluding ortho intramolecular Hbond substituents is 1. The van der Waals surface area contributed by atoms with Crippen molar-refractivity contribution in [1.82, 2.24) is 9.97 Å². The summed E-state index contributed by atoms with van der Waals surface area (Å²) in [6, 6.07) is 8.87. The van der Waals surface area contributed by atoms with Crippen molar-refractivity contribution in [2.45, 2.75) is 13.3 Å². The van der Waals surface area contributed by atoms with Crippen molar-refractivity contribution in [2.75, 3.05) is 0 Å². The van der Waals surface area contributed by atoms with Gasteiger partial charge in [-0.2, -0.15) is 0 Å². The Hall–Kier alpha value is -1.90. The van der Waals surface area contributed by atoms with Crippen molar-refractivity contribution < 1.29 is 5.11 Å². The summed E-state index contributed by atoms with van der Waals surface area (Å²) in [6.45, 7) is 2.02. The molecule has 2 aromatic rings. The lowest BCUT2D eigenvalue weighted by Gasteiger charge is -2.02. The molecule has 0 aliphatic carbocycles. The van der Waals surface area contributed by atoms with E-state index in [0.29, 0.717) is 0 Å². The summed E-state index contributed by atoms with van der Waals surface area (Å²) in [4.78, 5) is 8.54. The van der Waals surface area contributed by atoms with E-state index in [-0.39, 0.29) is 5.75 Å². The first-order chi connectivity index (χ1) is 7.29. The summed E-state index contributed by atoms with van der Waals surface area (Å²) in [5.41, 5.74) is 1.88. The zero-order chi connectivity index (χ0) is 10.7. The molecule has 2 rings (SSSR count). The molecule has 1 heterocycles. The zero-order valence-electron chi connectivity index (χ0n) is 8.51. The lowest BCUT2D eigenvalue weighted by Crippen LogP contribution is -1.93. The van der Waals surface area contributed by atoms with Crippen LogP contribution in [0.25, 0.3) is 11.3 Å². The lowest BCUT2D eigenvalue weighted by molar-refractivity contribution is 0.475. The predicted molar refractivity (Wildman–Crippen MR) is 58.5 cm³/mol. The Balaban J connectivity index is 2.40. The van der Waals surface area contributed by atoms with E-state index in [1.807, 2.05) is 25.1 Å². The second-order valence-electron chi connectivity index (χ2n) is 3.26. The zero-order valence-corrected chi connectivity index (χ0v) is 8.51. The van der Waals surface area contributed by atoms with Gasteiger partial charge >= 0.3 is 0 Å². The molecule has 0 unspecified atom stereocenters. The van der Waals surface area contributed by atoms with E-state index in [1.54, 1.807) is 18.3 Å². The van der Waals surface area contributed by atoms with Crippen LogP contribution in [0.5, 0.6) is 5.75 Å². The molecule has 0 radical (unpaired) electrons. The van der Waals surface area contributed by atoms with Crippen molar-refractivity contribution in [3.8, 4) is 17.0 Å². The van der Waals surface area contributed by atoms with Gasteiger partial charge in [0.2, 0.25) is 0 Å². The third-order valence-electron chi connectivity index (χ3n) is 2.18. The summed E-state index contributed by atoms with van der Waals surface area (Å²) in [7, 11) is 0. The summed E-state index contributed by atoms with van der Waals surface area (Å²) in [5.74, 6) is 1.10. The van der Waals surface area contributed by atoms with Gasteiger partial charge in [-0.05, 0) is 30.3 Å². The van der Waals surface area contributed by atoms with Crippen LogP contribution in [0.1, 0.15) is 12.7 Å². The van der Waals surface area contributed by atoms with Crippen molar-refractivity contribution in [1.29, 1.82) is 0 Å². The first-order valence-electron chi connectivity index (χ1n) is 4.91. The Morgan fingerprint density at radius 1 is 1.13 bits per heavy atom. The van der Waals surface area contributed by atoms with Crippen LogP contribution in [0.4, 0.5) is 0 Å². The molecule has 1 aromatic carbocycles. The van der Waals surface area contributed by atoms with Crippen LogP contribution in [0.15, 0.2) is 36.5 Å². The predicted octanol–water partition coefficient (Wildman–Crippen LogP) is 2.41. The van der Waals surface area contributed by atoms with Crippen LogP contribution < -0.4 is 0 Å². The van der Waals surface area contributed by atoms with Crippen LogP contribution in [-0.4, -0.2) is 15.1 Å². The van der Waals surface area contributed by atoms with E-state index < -0.39 is 0 Å². The molecule has 0 bridgehead atoms. The number of rotatable bonds is 2. The molecule has 3 nitrogen and oxygen atoms in total. The van der Waals surface area contributed by atoms with Crippen LogP contribution in [-0.2, 0) is 6.42 Å². The highest BCUT2D eigenvalue weighted by Gasteiger charge is 2.00. The van der Waals surface area contributed by atoms with E-state index in [1.165, 1.54) is 0 Å². The molecule has 0 amide bonds. The van der Waals surface area contributed by atoms with E-state index in [0.717, 1.165) is 23.5 Å². The first-order valence-corrected chi connectivity index (χ1v) is 4.91. The van der Waals surface area contributed by atoms with E-state index in [9.17, 15) is 5.11 Å². The third kappa shape index (κ3) is 2.13. The normalized spacial score (nSPS) is 10.2. The Kier molecular flexibility index (Phi) is 2.63. The summed E-state index contributed by atoms with van der Waals surface area (Å²) < 4.78 is 0. The van der Waals surface area contributed by atoms with Gasteiger partial charge in [-0.15, -0.1) is 0 Å². The Morgan fingerprint density at radius 3 is 2.53 bits per heavy atom. The highest BCUT2D eigenvalue weighted by Crippen LogP contribution is 2.19. The molecule has 1 N–H and O–H groups in total. The van der Waals surface area contributed by atoms with Gasteiger partial charge in [0, 0.05) is 18.2 Å². The third-order valence-corrected chi connectivity index (χ3v) is 2.18. The second-order valence-corrected chi connectivity index (χ2v) is 3.26. The SMILES string of the molecule is CCc1nccc(-c2ccc(O)cc2)n1. The Morgan fingerprint density at radius 2 is 1.87 bits per heavy atom. The van der Waals surface area contributed by atoms with E-state index >= 15 is 0 Å². The monoisotopic (exact) mass is 200 g/mol. The Bertz CT molecular complexity index is 451. The average molecular weight is 200 g/mol. The molecule has 0 saturated heterocycles. The van der Waals surface area contributed by atoms with Crippen molar-refractivity contribution >= 4 is 0 Å². The number of aromatic nitrogens is 2. The lowest BCUT2D eigenvalue weighted by atomic mass is 10.1. The fraction of sp³-hybridized carbons (Fsp3) is 0.167. The van der Waals surface area contributed by atoms with Crippen LogP contribution in [0.3, 0.4) is 0 Å². The largest absolute Gasteiger partial charge is 0.508 e.